The first kappa shape index (κ1) is 14.8. The highest BCUT2D eigenvalue weighted by Gasteiger charge is 2.14. The summed E-state index contributed by atoms with van der Waals surface area (Å²) in [7, 11) is 0. The van der Waals surface area contributed by atoms with Gasteiger partial charge < -0.3 is 15.8 Å². The number of carbonyl (C=O) groups excluding carboxylic acids is 1. The minimum atomic E-state index is -0.434. The van der Waals surface area contributed by atoms with Crippen molar-refractivity contribution in [2.24, 2.45) is 0 Å². The zero-order valence-corrected chi connectivity index (χ0v) is 12.0. The van der Waals surface area contributed by atoms with E-state index in [1.165, 1.54) is 5.56 Å². The van der Waals surface area contributed by atoms with E-state index in [9.17, 15) is 4.79 Å². The van der Waals surface area contributed by atoms with Crippen LogP contribution < -0.4 is 15.8 Å². The summed E-state index contributed by atoms with van der Waals surface area (Å²) in [5.74, 6) is 0.333. The molecule has 0 aliphatic heterocycles. The summed E-state index contributed by atoms with van der Waals surface area (Å²) in [4.78, 5) is 11.7. The molecule has 0 aliphatic rings. The number of nitrogens with one attached hydrogen (secondary N) is 1. The molecule has 0 aliphatic carbocycles. The van der Waals surface area contributed by atoms with Crippen molar-refractivity contribution in [3.8, 4) is 5.75 Å². The number of nitrogen functional groups attached to an aromatic ring is 1. The molecule has 0 fully saturated rings. The van der Waals surface area contributed by atoms with Gasteiger partial charge in [-0.1, -0.05) is 13.0 Å². The normalized spacial score (nSPS) is 10.4. The van der Waals surface area contributed by atoms with Gasteiger partial charge in [-0.15, -0.1) is 0 Å². The molecule has 0 bridgehead atoms. The largest absolute Gasteiger partial charge is 0.492 e. The van der Waals surface area contributed by atoms with Gasteiger partial charge in [-0.05, 0) is 46.9 Å². The van der Waals surface area contributed by atoms with E-state index >= 15 is 0 Å². The van der Waals surface area contributed by atoms with Crippen LogP contribution in [-0.4, -0.2) is 29.4 Å². The van der Waals surface area contributed by atoms with Crippen molar-refractivity contribution in [1.82, 2.24) is 15.6 Å². The molecule has 7 nitrogen and oxygen atoms in total. The minimum absolute atomic E-state index is 0.0150. The van der Waals surface area contributed by atoms with Crippen molar-refractivity contribution >= 4 is 11.7 Å². The Morgan fingerprint density at radius 1 is 1.38 bits per heavy atom. The van der Waals surface area contributed by atoms with E-state index in [1.807, 2.05) is 19.1 Å². The molecule has 0 saturated heterocycles. The molecule has 0 saturated carbocycles. The zero-order chi connectivity index (χ0) is 15.2. The number of hydrogen-bond donors (Lipinski definition) is 2. The summed E-state index contributed by atoms with van der Waals surface area (Å²) >= 11 is 0. The maximum atomic E-state index is 11.7. The number of benzene rings is 1. The maximum Gasteiger partial charge on any atom is 0.277 e. The van der Waals surface area contributed by atoms with Gasteiger partial charge in [-0.3, -0.25) is 4.79 Å². The second-order valence-electron chi connectivity index (χ2n) is 4.61. The fourth-order valence-corrected chi connectivity index (χ4v) is 1.88. The second kappa shape index (κ2) is 6.74. The molecule has 1 aromatic carbocycles. The van der Waals surface area contributed by atoms with Gasteiger partial charge in [0.15, 0.2) is 0 Å². The lowest BCUT2D eigenvalue weighted by Gasteiger charge is -2.09. The molecule has 3 N–H and O–H groups in total. The van der Waals surface area contributed by atoms with Crippen LogP contribution in [0.5, 0.6) is 5.75 Å². The number of ether oxygens (including phenoxy) is 1. The lowest BCUT2D eigenvalue weighted by molar-refractivity contribution is 0.0937. The third kappa shape index (κ3) is 3.95. The average molecular weight is 290 g/mol. The van der Waals surface area contributed by atoms with Crippen molar-refractivity contribution in [2.75, 3.05) is 18.9 Å². The van der Waals surface area contributed by atoms with Crippen molar-refractivity contribution in [3.05, 3.63) is 35.0 Å². The van der Waals surface area contributed by atoms with Crippen LogP contribution in [0.3, 0.4) is 0 Å². The van der Waals surface area contributed by atoms with Gasteiger partial charge in [0.1, 0.15) is 12.4 Å². The number of hydrogen-bond acceptors (Lipinski definition) is 6. The number of nitrogens with zero attached hydrogens (tertiary/aromatic N) is 2. The summed E-state index contributed by atoms with van der Waals surface area (Å²) < 4.78 is 9.99. The van der Waals surface area contributed by atoms with Crippen LogP contribution in [-0.2, 0) is 6.42 Å². The molecule has 2 rings (SSSR count). The number of aromatic nitrogens is 2. The van der Waals surface area contributed by atoms with E-state index in [0.717, 1.165) is 17.7 Å². The predicted octanol–water partition coefficient (Wildman–Crippen LogP) is 1.33. The number of amides is 1. The third-order valence-electron chi connectivity index (χ3n) is 2.90. The van der Waals surface area contributed by atoms with Crippen LogP contribution in [0.1, 0.15) is 28.5 Å². The van der Waals surface area contributed by atoms with E-state index in [2.05, 4.69) is 33.2 Å². The Morgan fingerprint density at radius 2 is 2.19 bits per heavy atom. The van der Waals surface area contributed by atoms with Crippen LogP contribution in [0.2, 0.25) is 0 Å². The zero-order valence-electron chi connectivity index (χ0n) is 12.0. The molecule has 7 heteroatoms. The molecular formula is C14H18N4O3. The summed E-state index contributed by atoms with van der Waals surface area (Å²) in [5.41, 5.74) is 7.78. The first-order valence-electron chi connectivity index (χ1n) is 6.69. The van der Waals surface area contributed by atoms with Crippen LogP contribution in [0.25, 0.3) is 0 Å². The first-order valence-corrected chi connectivity index (χ1v) is 6.69. The number of aryl methyl sites for hydroxylation is 2. The standard InChI is InChI=1S/C14H18N4O3/c1-3-10-6-9(2)7-11(8-10)20-5-4-16-14(19)12-13(15)18-21-17-12/h6-8H,3-5H2,1-2H3,(H2,15,18)(H,16,19). The minimum Gasteiger partial charge on any atom is -0.492 e. The van der Waals surface area contributed by atoms with E-state index in [4.69, 9.17) is 10.5 Å². The molecule has 0 spiro atoms. The average Bonchev–Trinajstić information content (AvgIpc) is 2.89. The van der Waals surface area contributed by atoms with E-state index < -0.39 is 5.91 Å². The number of nitrogens with two attached hydrogens (primary N) is 1. The molecule has 0 atom stereocenters. The van der Waals surface area contributed by atoms with Gasteiger partial charge in [0.25, 0.3) is 5.91 Å². The van der Waals surface area contributed by atoms with Gasteiger partial charge in [0, 0.05) is 0 Å². The highest BCUT2D eigenvalue weighted by molar-refractivity contribution is 5.95. The lowest BCUT2D eigenvalue weighted by atomic mass is 10.1. The molecule has 1 heterocycles. The Hall–Kier alpha value is -2.57. The molecule has 21 heavy (non-hydrogen) atoms. The smallest absolute Gasteiger partial charge is 0.277 e. The highest BCUT2D eigenvalue weighted by Crippen LogP contribution is 2.17. The Labute approximate surface area is 122 Å². The van der Waals surface area contributed by atoms with Crippen LogP contribution in [0.4, 0.5) is 5.82 Å². The molecule has 1 aromatic heterocycles. The summed E-state index contributed by atoms with van der Waals surface area (Å²) in [5, 5.41) is 9.40. The Morgan fingerprint density at radius 3 is 2.86 bits per heavy atom. The van der Waals surface area contributed by atoms with Crippen LogP contribution in [0.15, 0.2) is 22.8 Å². The van der Waals surface area contributed by atoms with Crippen molar-refractivity contribution in [1.29, 1.82) is 0 Å². The second-order valence-corrected chi connectivity index (χ2v) is 4.61. The molecule has 2 aromatic rings. The number of carbonyl (C=O) groups is 1. The first-order chi connectivity index (χ1) is 10.1. The van der Waals surface area contributed by atoms with Crippen molar-refractivity contribution in [2.45, 2.75) is 20.3 Å². The summed E-state index contributed by atoms with van der Waals surface area (Å²) in [6.45, 7) is 4.80. The quantitative estimate of drug-likeness (QED) is 0.778. The van der Waals surface area contributed by atoms with Crippen molar-refractivity contribution < 1.29 is 14.2 Å². The maximum absolute atomic E-state index is 11.7. The molecule has 0 unspecified atom stereocenters. The van der Waals surface area contributed by atoms with Gasteiger partial charge in [-0.2, -0.15) is 0 Å². The Bertz CT molecular complexity index is 624. The third-order valence-corrected chi connectivity index (χ3v) is 2.90. The summed E-state index contributed by atoms with van der Waals surface area (Å²) in [6.07, 6.45) is 0.952. The topological polar surface area (TPSA) is 103 Å². The van der Waals surface area contributed by atoms with Gasteiger partial charge in [-0.25, -0.2) is 4.63 Å². The predicted molar refractivity (Wildman–Crippen MR) is 77.1 cm³/mol. The molecule has 112 valence electrons. The van der Waals surface area contributed by atoms with E-state index in [-0.39, 0.29) is 11.5 Å². The molecular weight excluding hydrogens is 272 g/mol. The Kier molecular flexibility index (Phi) is 4.76. The fourth-order valence-electron chi connectivity index (χ4n) is 1.88. The van der Waals surface area contributed by atoms with Gasteiger partial charge in [0.05, 0.1) is 6.54 Å². The fraction of sp³-hybridized carbons (Fsp3) is 0.357. The SMILES string of the molecule is CCc1cc(C)cc(OCCNC(=O)c2nonc2N)c1. The lowest BCUT2D eigenvalue weighted by Crippen LogP contribution is -2.29. The highest BCUT2D eigenvalue weighted by atomic mass is 16.6. The van der Waals surface area contributed by atoms with Crippen LogP contribution in [0, 0.1) is 6.92 Å². The summed E-state index contributed by atoms with van der Waals surface area (Å²) in [6, 6.07) is 6.07. The Balaban J connectivity index is 1.81. The monoisotopic (exact) mass is 290 g/mol. The number of anilines is 1. The van der Waals surface area contributed by atoms with Gasteiger partial charge in [0.2, 0.25) is 11.5 Å². The molecule has 1 amide bonds. The van der Waals surface area contributed by atoms with Crippen molar-refractivity contribution in [3.63, 3.8) is 0 Å². The van der Waals surface area contributed by atoms with Crippen LogP contribution >= 0.6 is 0 Å². The van der Waals surface area contributed by atoms with E-state index in [1.54, 1.807) is 0 Å². The van der Waals surface area contributed by atoms with Gasteiger partial charge >= 0.3 is 0 Å². The van der Waals surface area contributed by atoms with E-state index in [0.29, 0.717) is 13.2 Å². The molecule has 0 radical (unpaired) electrons. The number of rotatable bonds is 6.